The van der Waals surface area contributed by atoms with E-state index in [-0.39, 0.29) is 22.9 Å². The summed E-state index contributed by atoms with van der Waals surface area (Å²) in [6.07, 6.45) is 1.40. The maximum Gasteiger partial charge on any atom is 0.293 e. The van der Waals surface area contributed by atoms with E-state index < -0.39 is 35.6 Å². The Morgan fingerprint density at radius 2 is 1.81 bits per heavy atom. The molecule has 31 heavy (non-hydrogen) atoms. The summed E-state index contributed by atoms with van der Waals surface area (Å²) in [5.41, 5.74) is -0.776. The predicted octanol–water partition coefficient (Wildman–Crippen LogP) is 2.48. The van der Waals surface area contributed by atoms with Gasteiger partial charge in [0.2, 0.25) is 10.0 Å². The van der Waals surface area contributed by atoms with E-state index in [0.717, 1.165) is 18.2 Å². The van der Waals surface area contributed by atoms with Gasteiger partial charge >= 0.3 is 0 Å². The van der Waals surface area contributed by atoms with Gasteiger partial charge in [-0.15, -0.1) is 0 Å². The lowest BCUT2D eigenvalue weighted by Gasteiger charge is -2.11. The van der Waals surface area contributed by atoms with Crippen molar-refractivity contribution in [2.24, 2.45) is 0 Å². The van der Waals surface area contributed by atoms with Gasteiger partial charge in [0.05, 0.1) is 41.5 Å². The minimum Gasteiger partial charge on any atom is -0.497 e. The highest BCUT2D eigenvalue weighted by molar-refractivity contribution is 7.93. The molecule has 0 aliphatic heterocycles. The van der Waals surface area contributed by atoms with Crippen LogP contribution in [-0.2, 0) is 26.6 Å². The Morgan fingerprint density at radius 1 is 1.03 bits per heavy atom. The number of sulfonamides is 2. The third kappa shape index (κ3) is 5.20. The van der Waals surface area contributed by atoms with Crippen molar-refractivity contribution in [3.8, 4) is 5.75 Å². The molecule has 1 heterocycles. The summed E-state index contributed by atoms with van der Waals surface area (Å²) in [5.74, 6) is 0.508. The summed E-state index contributed by atoms with van der Waals surface area (Å²) >= 11 is 0. The molecule has 3 aromatic rings. The Morgan fingerprint density at radius 3 is 2.45 bits per heavy atom. The van der Waals surface area contributed by atoms with Gasteiger partial charge in [-0.1, -0.05) is 6.07 Å². The maximum absolute atomic E-state index is 12.7. The van der Waals surface area contributed by atoms with Gasteiger partial charge in [0, 0.05) is 0 Å². The van der Waals surface area contributed by atoms with E-state index in [0.29, 0.717) is 5.76 Å². The number of nitrogens with one attached hydrogen (secondary N) is 2. The molecule has 2 N–H and O–H groups in total. The second-order valence-corrected chi connectivity index (χ2v) is 9.55. The third-order valence-electron chi connectivity index (χ3n) is 4.07. The number of methoxy groups -OCH3 is 1. The summed E-state index contributed by atoms with van der Waals surface area (Å²) in [6, 6.07) is 11.5. The Labute approximate surface area is 177 Å². The summed E-state index contributed by atoms with van der Waals surface area (Å²) in [6.45, 7) is -0.0939. The molecular weight excluding hydrogens is 450 g/mol. The number of hydrogen-bond donors (Lipinski definition) is 2. The topological polar surface area (TPSA) is 158 Å². The van der Waals surface area contributed by atoms with Crippen LogP contribution in [-0.4, -0.2) is 28.9 Å². The summed E-state index contributed by atoms with van der Waals surface area (Å²) in [7, 11) is -7.09. The van der Waals surface area contributed by atoms with Crippen molar-refractivity contribution in [3.63, 3.8) is 0 Å². The van der Waals surface area contributed by atoms with Crippen LogP contribution in [0.4, 0.5) is 11.4 Å². The number of anilines is 1. The first-order valence-electron chi connectivity index (χ1n) is 8.60. The number of ether oxygens (including phenoxy) is 1. The molecule has 3 rings (SSSR count). The smallest absolute Gasteiger partial charge is 0.293 e. The van der Waals surface area contributed by atoms with Crippen molar-refractivity contribution in [2.45, 2.75) is 16.3 Å². The van der Waals surface area contributed by atoms with Crippen LogP contribution in [0.3, 0.4) is 0 Å². The molecule has 0 amide bonds. The minimum absolute atomic E-state index is 0.0917. The van der Waals surface area contributed by atoms with Gasteiger partial charge in [-0.05, 0) is 42.5 Å². The molecule has 13 heteroatoms. The third-order valence-corrected chi connectivity index (χ3v) is 6.89. The van der Waals surface area contributed by atoms with E-state index in [1.165, 1.54) is 37.6 Å². The van der Waals surface area contributed by atoms with Crippen molar-refractivity contribution in [1.29, 1.82) is 0 Å². The highest BCUT2D eigenvalue weighted by Crippen LogP contribution is 2.30. The molecule has 2 aromatic carbocycles. The first kappa shape index (κ1) is 22.3. The molecule has 0 unspecified atom stereocenters. The van der Waals surface area contributed by atoms with Crippen molar-refractivity contribution in [2.75, 3.05) is 11.8 Å². The van der Waals surface area contributed by atoms with Crippen LogP contribution < -0.4 is 14.2 Å². The number of nitro benzene ring substituents is 1. The standard InChI is InChI=1S/C18H17N3O8S2/c1-28-14-7-8-18(17(11-14)21(22)23)31(26,27)20-13-4-2-6-16(10-13)30(24,25)19-12-15-5-3-9-29-15/h2-11,19-20H,12H2,1H3. The van der Waals surface area contributed by atoms with Crippen LogP contribution >= 0.6 is 0 Å². The van der Waals surface area contributed by atoms with E-state index in [9.17, 15) is 26.9 Å². The lowest BCUT2D eigenvalue weighted by atomic mass is 10.3. The maximum atomic E-state index is 12.7. The van der Waals surface area contributed by atoms with Crippen molar-refractivity contribution in [3.05, 3.63) is 76.7 Å². The number of benzene rings is 2. The van der Waals surface area contributed by atoms with Gasteiger partial charge < -0.3 is 9.15 Å². The van der Waals surface area contributed by atoms with E-state index in [1.54, 1.807) is 12.1 Å². The fourth-order valence-corrected chi connectivity index (χ4v) is 4.84. The van der Waals surface area contributed by atoms with Gasteiger partial charge in [0.15, 0.2) is 4.90 Å². The lowest BCUT2D eigenvalue weighted by Crippen LogP contribution is -2.23. The van der Waals surface area contributed by atoms with Crippen LogP contribution in [0.25, 0.3) is 0 Å². The Hall–Kier alpha value is -3.42. The summed E-state index contributed by atoms with van der Waals surface area (Å²) in [4.78, 5) is 9.66. The molecule has 0 spiro atoms. The van der Waals surface area contributed by atoms with Crippen LogP contribution in [0.1, 0.15) is 5.76 Å². The molecular formula is C18H17N3O8S2. The van der Waals surface area contributed by atoms with Gasteiger partial charge in [-0.2, -0.15) is 0 Å². The molecule has 0 fully saturated rings. The predicted molar refractivity (Wildman–Crippen MR) is 110 cm³/mol. The molecule has 0 saturated carbocycles. The zero-order valence-electron chi connectivity index (χ0n) is 16.0. The molecule has 0 radical (unpaired) electrons. The van der Waals surface area contributed by atoms with Gasteiger partial charge in [-0.3, -0.25) is 14.8 Å². The normalized spacial score (nSPS) is 11.8. The van der Waals surface area contributed by atoms with Gasteiger partial charge in [0.25, 0.3) is 15.7 Å². The van der Waals surface area contributed by atoms with E-state index in [4.69, 9.17) is 9.15 Å². The van der Waals surface area contributed by atoms with E-state index >= 15 is 0 Å². The fraction of sp³-hybridized carbons (Fsp3) is 0.111. The SMILES string of the molecule is COc1ccc(S(=O)(=O)Nc2cccc(S(=O)(=O)NCc3ccco3)c2)c([N+](=O)[O-])c1. The summed E-state index contributed by atoms with van der Waals surface area (Å²) < 4.78 is 64.9. The van der Waals surface area contributed by atoms with Crippen LogP contribution in [0, 0.1) is 10.1 Å². The Kier molecular flexibility index (Phi) is 6.29. The summed E-state index contributed by atoms with van der Waals surface area (Å²) in [5, 5.41) is 11.3. The molecule has 0 atom stereocenters. The number of nitro groups is 1. The largest absolute Gasteiger partial charge is 0.497 e. The molecule has 0 saturated heterocycles. The van der Waals surface area contributed by atoms with Crippen molar-refractivity contribution < 1.29 is 30.9 Å². The molecule has 0 aliphatic carbocycles. The Bertz CT molecular complexity index is 1300. The number of furan rings is 1. The van der Waals surface area contributed by atoms with E-state index in [2.05, 4.69) is 9.44 Å². The number of rotatable bonds is 9. The monoisotopic (exact) mass is 467 g/mol. The number of hydrogen-bond acceptors (Lipinski definition) is 8. The second kappa shape index (κ2) is 8.75. The molecule has 0 bridgehead atoms. The highest BCUT2D eigenvalue weighted by Gasteiger charge is 2.27. The average molecular weight is 467 g/mol. The number of nitrogens with zero attached hydrogens (tertiary/aromatic N) is 1. The molecule has 164 valence electrons. The zero-order chi connectivity index (χ0) is 22.6. The minimum atomic E-state index is -4.40. The lowest BCUT2D eigenvalue weighted by molar-refractivity contribution is -0.387. The second-order valence-electron chi connectivity index (χ2n) is 6.13. The highest BCUT2D eigenvalue weighted by atomic mass is 32.2. The van der Waals surface area contributed by atoms with Crippen molar-refractivity contribution in [1.82, 2.24) is 4.72 Å². The van der Waals surface area contributed by atoms with Gasteiger partial charge in [0.1, 0.15) is 11.5 Å². The zero-order valence-corrected chi connectivity index (χ0v) is 17.6. The van der Waals surface area contributed by atoms with E-state index in [1.807, 2.05) is 0 Å². The molecule has 11 nitrogen and oxygen atoms in total. The fourth-order valence-electron chi connectivity index (χ4n) is 2.59. The Balaban J connectivity index is 1.87. The van der Waals surface area contributed by atoms with Crippen LogP contribution in [0.5, 0.6) is 5.75 Å². The average Bonchev–Trinajstić information content (AvgIpc) is 3.25. The molecule has 0 aliphatic rings. The quantitative estimate of drug-likeness (QED) is 0.359. The van der Waals surface area contributed by atoms with Crippen LogP contribution in [0.15, 0.2) is 75.1 Å². The van der Waals surface area contributed by atoms with Gasteiger partial charge in [-0.25, -0.2) is 21.6 Å². The first-order valence-corrected chi connectivity index (χ1v) is 11.6. The van der Waals surface area contributed by atoms with Crippen molar-refractivity contribution >= 4 is 31.4 Å². The van der Waals surface area contributed by atoms with Crippen LogP contribution in [0.2, 0.25) is 0 Å². The molecule has 1 aromatic heterocycles. The first-order chi connectivity index (χ1) is 14.6.